The number of carbonyl (C=O) groups is 1. The first-order valence-electron chi connectivity index (χ1n) is 11.6. The summed E-state index contributed by atoms with van der Waals surface area (Å²) in [5.41, 5.74) is 1.85. The van der Waals surface area contributed by atoms with Crippen LogP contribution in [0.2, 0.25) is 5.02 Å². The van der Waals surface area contributed by atoms with E-state index in [1.807, 2.05) is 30.3 Å². The molecule has 1 amide bonds. The molecule has 0 aliphatic heterocycles. The van der Waals surface area contributed by atoms with Crippen LogP contribution in [0.25, 0.3) is 33.3 Å². The molecule has 0 bridgehead atoms. The third kappa shape index (κ3) is 5.55. The number of rotatable bonds is 5. The van der Waals surface area contributed by atoms with E-state index in [4.69, 9.17) is 11.6 Å². The maximum atomic E-state index is 13.4. The molecule has 0 saturated heterocycles. The first kappa shape index (κ1) is 26.5. The number of benzene rings is 4. The summed E-state index contributed by atoms with van der Waals surface area (Å²) < 4.78 is 64.5. The maximum absolute atomic E-state index is 13.4. The van der Waals surface area contributed by atoms with Crippen LogP contribution in [0.4, 0.5) is 18.9 Å². The highest BCUT2D eigenvalue weighted by molar-refractivity contribution is 7.90. The second-order valence-electron chi connectivity index (χ2n) is 8.98. The van der Waals surface area contributed by atoms with Gasteiger partial charge in [-0.2, -0.15) is 13.2 Å². The van der Waals surface area contributed by atoms with Gasteiger partial charge in [-0.3, -0.25) is 4.79 Å². The zero-order chi connectivity index (χ0) is 27.9. The SMILES string of the molecule is CS(=O)(=O)c1ccc(C(=O)Nc2ccc(Cl)c(-c3cc4ccccc4[nH]3)c2)c(-c2cccc(C(F)(F)F)c2)c1. The Labute approximate surface area is 227 Å². The second kappa shape index (κ2) is 9.91. The second-order valence-corrected chi connectivity index (χ2v) is 11.4. The van der Waals surface area contributed by atoms with Gasteiger partial charge in [-0.1, -0.05) is 41.9 Å². The Balaban J connectivity index is 1.55. The number of hydrogen-bond acceptors (Lipinski definition) is 3. The molecular formula is C29H20ClF3N2O3S. The Morgan fingerprint density at radius 1 is 0.872 bits per heavy atom. The molecule has 0 unspecified atom stereocenters. The van der Waals surface area contributed by atoms with E-state index in [2.05, 4.69) is 10.3 Å². The van der Waals surface area contributed by atoms with Crippen LogP contribution in [0.15, 0.2) is 95.9 Å². The number of para-hydroxylation sites is 1. The summed E-state index contributed by atoms with van der Waals surface area (Å²) in [5.74, 6) is -0.632. The number of nitrogens with one attached hydrogen (secondary N) is 2. The Hall–Kier alpha value is -4.08. The van der Waals surface area contributed by atoms with Gasteiger partial charge in [-0.25, -0.2) is 8.42 Å². The predicted molar refractivity (Wildman–Crippen MR) is 147 cm³/mol. The molecule has 0 saturated carbocycles. The molecule has 39 heavy (non-hydrogen) atoms. The highest BCUT2D eigenvalue weighted by Crippen LogP contribution is 2.35. The van der Waals surface area contributed by atoms with E-state index in [0.717, 1.165) is 35.0 Å². The minimum Gasteiger partial charge on any atom is -0.354 e. The lowest BCUT2D eigenvalue weighted by Gasteiger charge is -2.15. The van der Waals surface area contributed by atoms with Crippen LogP contribution in [0, 0.1) is 0 Å². The Morgan fingerprint density at radius 3 is 2.36 bits per heavy atom. The van der Waals surface area contributed by atoms with Gasteiger partial charge in [0.1, 0.15) is 0 Å². The van der Waals surface area contributed by atoms with Crippen molar-refractivity contribution in [1.82, 2.24) is 4.98 Å². The quantitative estimate of drug-likeness (QED) is 0.227. The maximum Gasteiger partial charge on any atom is 0.416 e. The fourth-order valence-corrected chi connectivity index (χ4v) is 5.15. The van der Waals surface area contributed by atoms with Crippen molar-refractivity contribution in [2.24, 2.45) is 0 Å². The Morgan fingerprint density at radius 2 is 1.64 bits per heavy atom. The van der Waals surface area contributed by atoms with Crippen LogP contribution in [0.1, 0.15) is 15.9 Å². The van der Waals surface area contributed by atoms with Gasteiger partial charge in [0.15, 0.2) is 9.84 Å². The number of hydrogen-bond donors (Lipinski definition) is 2. The third-order valence-electron chi connectivity index (χ3n) is 6.21. The Bertz CT molecular complexity index is 1810. The van der Waals surface area contributed by atoms with Crippen LogP contribution in [0.3, 0.4) is 0 Å². The fraction of sp³-hybridized carbons (Fsp3) is 0.0690. The van der Waals surface area contributed by atoms with Crippen LogP contribution in [-0.4, -0.2) is 25.6 Å². The number of sulfone groups is 1. The van der Waals surface area contributed by atoms with E-state index < -0.39 is 27.5 Å². The topological polar surface area (TPSA) is 79.0 Å². The number of amides is 1. The van der Waals surface area contributed by atoms with Gasteiger partial charge in [-0.05, 0) is 71.8 Å². The standard InChI is InChI=1S/C29H20ClF3N2O3S/c1-39(37,38)21-10-11-22(23(16-21)17-6-4-7-19(13-17)29(31,32)33)28(36)34-20-9-12-25(30)24(15-20)27-14-18-5-2-3-8-26(18)35-27/h2-16,35H,1H3,(H,34,36). The molecular weight excluding hydrogens is 549 g/mol. The minimum atomic E-state index is -4.62. The summed E-state index contributed by atoms with van der Waals surface area (Å²) in [7, 11) is -3.70. The summed E-state index contributed by atoms with van der Waals surface area (Å²) in [6.45, 7) is 0. The highest BCUT2D eigenvalue weighted by Gasteiger charge is 2.31. The van der Waals surface area contributed by atoms with Crippen molar-refractivity contribution in [2.45, 2.75) is 11.1 Å². The highest BCUT2D eigenvalue weighted by atomic mass is 35.5. The van der Waals surface area contributed by atoms with Crippen molar-refractivity contribution >= 4 is 43.9 Å². The third-order valence-corrected chi connectivity index (χ3v) is 7.65. The minimum absolute atomic E-state index is 0.00355. The molecule has 5 rings (SSSR count). The summed E-state index contributed by atoms with van der Waals surface area (Å²) in [4.78, 5) is 16.6. The summed E-state index contributed by atoms with van der Waals surface area (Å²) in [5, 5.41) is 4.19. The molecule has 198 valence electrons. The predicted octanol–water partition coefficient (Wildman–Crippen LogP) is 7.83. The van der Waals surface area contributed by atoms with Crippen molar-refractivity contribution in [3.05, 3.63) is 107 Å². The number of aromatic nitrogens is 1. The van der Waals surface area contributed by atoms with E-state index in [0.29, 0.717) is 16.3 Å². The molecule has 5 aromatic rings. The fourth-order valence-electron chi connectivity index (χ4n) is 4.28. The van der Waals surface area contributed by atoms with Crippen LogP contribution >= 0.6 is 11.6 Å². The van der Waals surface area contributed by atoms with Gasteiger partial charge in [-0.15, -0.1) is 0 Å². The molecule has 1 heterocycles. The van der Waals surface area contributed by atoms with Gasteiger partial charge in [0.05, 0.1) is 15.5 Å². The van der Waals surface area contributed by atoms with Crippen molar-refractivity contribution in [2.75, 3.05) is 11.6 Å². The zero-order valence-corrected chi connectivity index (χ0v) is 21.9. The van der Waals surface area contributed by atoms with E-state index >= 15 is 0 Å². The van der Waals surface area contributed by atoms with Crippen molar-refractivity contribution in [1.29, 1.82) is 0 Å². The summed E-state index contributed by atoms with van der Waals surface area (Å²) in [6.07, 6.45) is -3.63. The molecule has 5 nitrogen and oxygen atoms in total. The zero-order valence-electron chi connectivity index (χ0n) is 20.3. The van der Waals surface area contributed by atoms with Crippen LogP contribution < -0.4 is 5.32 Å². The number of carbonyl (C=O) groups excluding carboxylic acids is 1. The molecule has 0 aliphatic rings. The number of alkyl halides is 3. The first-order valence-corrected chi connectivity index (χ1v) is 13.9. The lowest BCUT2D eigenvalue weighted by atomic mass is 9.97. The molecule has 0 atom stereocenters. The molecule has 0 fully saturated rings. The molecule has 10 heteroatoms. The number of H-pyrrole nitrogens is 1. The lowest BCUT2D eigenvalue weighted by molar-refractivity contribution is -0.137. The molecule has 0 aliphatic carbocycles. The number of fused-ring (bicyclic) bond motifs is 1. The van der Waals surface area contributed by atoms with E-state index in [1.54, 1.807) is 18.2 Å². The number of anilines is 1. The monoisotopic (exact) mass is 568 g/mol. The molecule has 1 aromatic heterocycles. The van der Waals surface area contributed by atoms with Gasteiger partial charge in [0.2, 0.25) is 0 Å². The van der Waals surface area contributed by atoms with E-state index in [9.17, 15) is 26.4 Å². The first-order chi connectivity index (χ1) is 18.4. The average molecular weight is 569 g/mol. The number of aromatic amines is 1. The summed E-state index contributed by atoms with van der Waals surface area (Å²) in [6, 6.07) is 22.6. The van der Waals surface area contributed by atoms with Gasteiger partial charge in [0.25, 0.3) is 5.91 Å². The van der Waals surface area contributed by atoms with Gasteiger partial charge < -0.3 is 10.3 Å². The largest absolute Gasteiger partial charge is 0.416 e. The average Bonchev–Trinajstić information content (AvgIpc) is 3.32. The smallest absolute Gasteiger partial charge is 0.354 e. The van der Waals surface area contributed by atoms with Crippen molar-refractivity contribution < 1.29 is 26.4 Å². The van der Waals surface area contributed by atoms with Crippen molar-refractivity contribution in [3.63, 3.8) is 0 Å². The Kier molecular flexibility index (Phi) is 6.74. The van der Waals surface area contributed by atoms with Crippen LogP contribution in [-0.2, 0) is 16.0 Å². The molecule has 0 spiro atoms. The van der Waals surface area contributed by atoms with Crippen LogP contribution in [0.5, 0.6) is 0 Å². The van der Waals surface area contributed by atoms with E-state index in [-0.39, 0.29) is 21.6 Å². The molecule has 2 N–H and O–H groups in total. The van der Waals surface area contributed by atoms with E-state index in [1.165, 1.54) is 30.3 Å². The van der Waals surface area contributed by atoms with Crippen molar-refractivity contribution in [3.8, 4) is 22.4 Å². The van der Waals surface area contributed by atoms with Gasteiger partial charge >= 0.3 is 6.18 Å². The van der Waals surface area contributed by atoms with Gasteiger partial charge in [0, 0.05) is 39.7 Å². The normalized spacial score (nSPS) is 12.0. The molecule has 4 aromatic carbocycles. The lowest BCUT2D eigenvalue weighted by Crippen LogP contribution is -2.14. The number of halogens is 4. The summed E-state index contributed by atoms with van der Waals surface area (Å²) >= 11 is 6.45. The molecule has 0 radical (unpaired) electrons.